The lowest BCUT2D eigenvalue weighted by atomic mass is 10.1. The van der Waals surface area contributed by atoms with Gasteiger partial charge in [0.05, 0.1) is 17.1 Å². The van der Waals surface area contributed by atoms with E-state index in [1.54, 1.807) is 18.2 Å². The van der Waals surface area contributed by atoms with Crippen LogP contribution >= 0.6 is 0 Å². The number of hydrogen-bond donors (Lipinski definition) is 2. The van der Waals surface area contributed by atoms with Crippen LogP contribution in [0.1, 0.15) is 0 Å². The Labute approximate surface area is 117 Å². The number of aliphatic hydroxyl groups excluding tert-OH is 2. The minimum atomic E-state index is -3.68. The van der Waals surface area contributed by atoms with Crippen LogP contribution in [-0.4, -0.2) is 48.2 Å². The van der Waals surface area contributed by atoms with Gasteiger partial charge < -0.3 is 10.2 Å². The third-order valence-electron chi connectivity index (χ3n) is 3.58. The highest BCUT2D eigenvalue weighted by Gasteiger charge is 2.37. The highest BCUT2D eigenvalue weighted by molar-refractivity contribution is 7.89. The van der Waals surface area contributed by atoms with Crippen molar-refractivity contribution in [3.8, 4) is 0 Å². The first-order chi connectivity index (χ1) is 9.48. The molecule has 0 radical (unpaired) electrons. The number of sulfonamides is 1. The van der Waals surface area contributed by atoms with Crippen LogP contribution in [0.5, 0.6) is 0 Å². The van der Waals surface area contributed by atoms with E-state index in [1.165, 1.54) is 0 Å². The van der Waals surface area contributed by atoms with Crippen molar-refractivity contribution in [3.63, 3.8) is 0 Å². The van der Waals surface area contributed by atoms with E-state index in [1.807, 2.05) is 24.3 Å². The Hall–Kier alpha value is -1.47. The predicted octanol–water partition coefficient (Wildman–Crippen LogP) is 0.566. The van der Waals surface area contributed by atoms with Crippen LogP contribution in [0, 0.1) is 0 Å². The normalized spacial score (nSPS) is 24.3. The van der Waals surface area contributed by atoms with Crippen molar-refractivity contribution in [2.45, 2.75) is 17.1 Å². The molecule has 20 heavy (non-hydrogen) atoms. The molecular formula is C14H15NO4S. The van der Waals surface area contributed by atoms with Crippen molar-refractivity contribution in [1.82, 2.24) is 4.31 Å². The first kappa shape index (κ1) is 13.5. The fraction of sp³-hybridized carbons (Fsp3) is 0.286. The smallest absolute Gasteiger partial charge is 0.243 e. The SMILES string of the molecule is O=S(=O)(c1ccc2ccccc2c1)N1CC(O)C(O)C1. The summed E-state index contributed by atoms with van der Waals surface area (Å²) in [6.07, 6.45) is -2.05. The highest BCUT2D eigenvalue weighted by atomic mass is 32.2. The zero-order chi connectivity index (χ0) is 14.3. The average Bonchev–Trinajstić information content (AvgIpc) is 2.79. The topological polar surface area (TPSA) is 77.8 Å². The molecule has 0 saturated carbocycles. The lowest BCUT2D eigenvalue weighted by Gasteiger charge is -2.15. The summed E-state index contributed by atoms with van der Waals surface area (Å²) >= 11 is 0. The minimum Gasteiger partial charge on any atom is -0.389 e. The van der Waals surface area contributed by atoms with Crippen LogP contribution in [0.4, 0.5) is 0 Å². The Morgan fingerprint density at radius 2 is 1.55 bits per heavy atom. The summed E-state index contributed by atoms with van der Waals surface area (Å²) in [6, 6.07) is 12.4. The van der Waals surface area contributed by atoms with E-state index in [9.17, 15) is 18.6 Å². The molecule has 106 valence electrons. The van der Waals surface area contributed by atoms with Crippen LogP contribution in [0.3, 0.4) is 0 Å². The van der Waals surface area contributed by atoms with Crippen LogP contribution in [0.25, 0.3) is 10.8 Å². The van der Waals surface area contributed by atoms with Gasteiger partial charge in [-0.1, -0.05) is 30.3 Å². The van der Waals surface area contributed by atoms with Crippen molar-refractivity contribution in [2.75, 3.05) is 13.1 Å². The Bertz CT molecular complexity index is 734. The van der Waals surface area contributed by atoms with Gasteiger partial charge in [0.15, 0.2) is 0 Å². The Kier molecular flexibility index (Phi) is 3.25. The Morgan fingerprint density at radius 1 is 0.950 bits per heavy atom. The molecule has 0 bridgehead atoms. The number of rotatable bonds is 2. The van der Waals surface area contributed by atoms with Crippen LogP contribution in [0.2, 0.25) is 0 Å². The van der Waals surface area contributed by atoms with Crippen LogP contribution < -0.4 is 0 Å². The van der Waals surface area contributed by atoms with Gasteiger partial charge in [-0.2, -0.15) is 4.31 Å². The van der Waals surface area contributed by atoms with Gasteiger partial charge in [0.1, 0.15) is 0 Å². The van der Waals surface area contributed by atoms with Crippen molar-refractivity contribution < 1.29 is 18.6 Å². The molecule has 6 heteroatoms. The van der Waals surface area contributed by atoms with E-state index in [0.717, 1.165) is 15.1 Å². The first-order valence-corrected chi connectivity index (χ1v) is 7.77. The molecule has 0 amide bonds. The minimum absolute atomic E-state index is 0.0731. The molecule has 2 aromatic carbocycles. The molecule has 1 saturated heterocycles. The number of aliphatic hydroxyl groups is 2. The van der Waals surface area contributed by atoms with Gasteiger partial charge >= 0.3 is 0 Å². The van der Waals surface area contributed by atoms with Gasteiger partial charge in [0.2, 0.25) is 10.0 Å². The van der Waals surface area contributed by atoms with E-state index in [4.69, 9.17) is 0 Å². The lowest BCUT2D eigenvalue weighted by Crippen LogP contribution is -2.29. The van der Waals surface area contributed by atoms with Crippen molar-refractivity contribution >= 4 is 20.8 Å². The van der Waals surface area contributed by atoms with Gasteiger partial charge in [-0.3, -0.25) is 0 Å². The summed E-state index contributed by atoms with van der Waals surface area (Å²) in [7, 11) is -3.68. The maximum absolute atomic E-state index is 12.5. The monoisotopic (exact) mass is 293 g/mol. The average molecular weight is 293 g/mol. The fourth-order valence-electron chi connectivity index (χ4n) is 2.41. The molecule has 1 aliphatic rings. The zero-order valence-corrected chi connectivity index (χ0v) is 11.5. The Balaban J connectivity index is 2.01. The molecule has 2 N–H and O–H groups in total. The van der Waals surface area contributed by atoms with Gasteiger partial charge in [-0.25, -0.2) is 8.42 Å². The van der Waals surface area contributed by atoms with Crippen molar-refractivity contribution in [1.29, 1.82) is 0 Å². The maximum atomic E-state index is 12.5. The molecule has 2 atom stereocenters. The number of benzene rings is 2. The maximum Gasteiger partial charge on any atom is 0.243 e. The predicted molar refractivity (Wildman–Crippen MR) is 74.7 cm³/mol. The molecule has 2 unspecified atom stereocenters. The summed E-state index contributed by atoms with van der Waals surface area (Å²) < 4.78 is 26.1. The van der Waals surface area contributed by atoms with E-state index in [-0.39, 0.29) is 18.0 Å². The molecule has 5 nitrogen and oxygen atoms in total. The summed E-state index contributed by atoms with van der Waals surface area (Å²) in [6.45, 7) is -0.146. The number of β-amino-alcohol motifs (C(OH)–C–C–N with tert-alkyl or cyclic N) is 2. The van der Waals surface area contributed by atoms with Gasteiger partial charge in [0, 0.05) is 13.1 Å². The summed E-state index contributed by atoms with van der Waals surface area (Å²) in [5.41, 5.74) is 0. The fourth-order valence-corrected chi connectivity index (χ4v) is 3.92. The standard InChI is InChI=1S/C14H15NO4S/c16-13-8-15(9-14(13)17)20(18,19)12-6-5-10-3-1-2-4-11(10)7-12/h1-7,13-14,16-17H,8-9H2. The molecule has 2 aromatic rings. The molecule has 3 rings (SSSR count). The first-order valence-electron chi connectivity index (χ1n) is 6.33. The highest BCUT2D eigenvalue weighted by Crippen LogP contribution is 2.24. The van der Waals surface area contributed by atoms with Crippen molar-refractivity contribution in [2.24, 2.45) is 0 Å². The van der Waals surface area contributed by atoms with Crippen LogP contribution in [0.15, 0.2) is 47.4 Å². The number of fused-ring (bicyclic) bond motifs is 1. The molecule has 1 aliphatic heterocycles. The number of nitrogens with zero attached hydrogens (tertiary/aromatic N) is 1. The van der Waals surface area contributed by atoms with Crippen LogP contribution in [-0.2, 0) is 10.0 Å². The molecule has 0 aromatic heterocycles. The third kappa shape index (κ3) is 2.20. The molecule has 0 spiro atoms. The van der Waals surface area contributed by atoms with Gasteiger partial charge in [-0.15, -0.1) is 0 Å². The zero-order valence-electron chi connectivity index (χ0n) is 10.7. The largest absolute Gasteiger partial charge is 0.389 e. The van der Waals surface area contributed by atoms with Gasteiger partial charge in [0.25, 0.3) is 0 Å². The Morgan fingerprint density at radius 3 is 2.20 bits per heavy atom. The molecule has 0 aliphatic carbocycles. The second-order valence-electron chi connectivity index (χ2n) is 4.97. The van der Waals surface area contributed by atoms with E-state index in [0.29, 0.717) is 0 Å². The van der Waals surface area contributed by atoms with E-state index in [2.05, 4.69) is 0 Å². The van der Waals surface area contributed by atoms with E-state index < -0.39 is 22.2 Å². The molecule has 1 heterocycles. The molecule has 1 fully saturated rings. The van der Waals surface area contributed by atoms with Crippen molar-refractivity contribution in [3.05, 3.63) is 42.5 Å². The van der Waals surface area contributed by atoms with Gasteiger partial charge in [-0.05, 0) is 22.9 Å². The second kappa shape index (κ2) is 4.82. The quantitative estimate of drug-likeness (QED) is 0.848. The molecular weight excluding hydrogens is 278 g/mol. The lowest BCUT2D eigenvalue weighted by molar-refractivity contribution is 0.0572. The summed E-state index contributed by atoms with van der Waals surface area (Å²) in [5.74, 6) is 0. The number of hydrogen-bond acceptors (Lipinski definition) is 4. The second-order valence-corrected chi connectivity index (χ2v) is 6.90. The third-order valence-corrected chi connectivity index (χ3v) is 5.41. The summed E-state index contributed by atoms with van der Waals surface area (Å²) in [4.78, 5) is 0.178. The summed E-state index contributed by atoms with van der Waals surface area (Å²) in [5, 5.41) is 20.8. The van der Waals surface area contributed by atoms with E-state index >= 15 is 0 Å².